The van der Waals surface area contributed by atoms with Crippen LogP contribution >= 0.6 is 0 Å². The number of aliphatic hydroxyl groups is 1. The molecule has 0 unspecified atom stereocenters. The zero-order valence-corrected chi connectivity index (χ0v) is 10.1. The molecule has 2 N–H and O–H groups in total. The van der Waals surface area contributed by atoms with Crippen LogP contribution < -0.4 is 5.32 Å². The van der Waals surface area contributed by atoms with Crippen molar-refractivity contribution >= 4 is 0 Å². The summed E-state index contributed by atoms with van der Waals surface area (Å²) in [5.74, 6) is 0. The number of hydrogen-bond acceptors (Lipinski definition) is 2. The number of hydrogen-bond donors (Lipinski definition) is 2. The lowest BCUT2D eigenvalue weighted by molar-refractivity contribution is 0.186. The zero-order chi connectivity index (χ0) is 10.8. The zero-order valence-electron chi connectivity index (χ0n) is 10.1. The third-order valence-electron chi connectivity index (χ3n) is 2.50. The number of unbranched alkanes of at least 4 members (excludes halogenated alkanes) is 4. The first-order valence-electron chi connectivity index (χ1n) is 6.08. The first kappa shape index (κ1) is 13.9. The molecule has 0 saturated heterocycles. The van der Waals surface area contributed by atoms with E-state index < -0.39 is 0 Å². The highest BCUT2D eigenvalue weighted by Gasteiger charge is 2.02. The third-order valence-corrected chi connectivity index (χ3v) is 2.50. The molecule has 0 aliphatic rings. The van der Waals surface area contributed by atoms with Crippen molar-refractivity contribution < 1.29 is 5.11 Å². The van der Waals surface area contributed by atoms with Crippen molar-refractivity contribution in [2.45, 2.75) is 71.4 Å². The molecular formula is C12H27NO. The van der Waals surface area contributed by atoms with Gasteiger partial charge in [0.2, 0.25) is 0 Å². The lowest BCUT2D eigenvalue weighted by atomic mass is 10.1. The molecule has 14 heavy (non-hydrogen) atoms. The first-order valence-corrected chi connectivity index (χ1v) is 6.08. The van der Waals surface area contributed by atoms with E-state index in [1.165, 1.54) is 38.5 Å². The van der Waals surface area contributed by atoms with Crippen molar-refractivity contribution in [3.05, 3.63) is 0 Å². The number of aliphatic hydroxyl groups excluding tert-OH is 1. The van der Waals surface area contributed by atoms with Gasteiger partial charge in [-0.15, -0.1) is 0 Å². The molecule has 0 bridgehead atoms. The summed E-state index contributed by atoms with van der Waals surface area (Å²) in [5, 5.41) is 12.4. The van der Waals surface area contributed by atoms with Crippen LogP contribution in [0.2, 0.25) is 0 Å². The van der Waals surface area contributed by atoms with E-state index in [-0.39, 0.29) is 6.10 Å². The average molecular weight is 201 g/mol. The van der Waals surface area contributed by atoms with Crippen molar-refractivity contribution in [2.24, 2.45) is 0 Å². The Bertz CT molecular complexity index is 115. The van der Waals surface area contributed by atoms with Crippen molar-refractivity contribution in [3.63, 3.8) is 0 Å². The van der Waals surface area contributed by atoms with Gasteiger partial charge in [0.25, 0.3) is 0 Å². The van der Waals surface area contributed by atoms with Crippen molar-refractivity contribution in [1.82, 2.24) is 5.32 Å². The summed E-state index contributed by atoms with van der Waals surface area (Å²) < 4.78 is 0. The molecule has 0 aliphatic heterocycles. The fraction of sp³-hybridized carbons (Fsp3) is 1.00. The lowest BCUT2D eigenvalue weighted by Crippen LogP contribution is -2.32. The second-order valence-electron chi connectivity index (χ2n) is 4.36. The van der Waals surface area contributed by atoms with E-state index in [1.807, 2.05) is 6.92 Å². The van der Waals surface area contributed by atoms with E-state index in [9.17, 15) is 0 Å². The van der Waals surface area contributed by atoms with Gasteiger partial charge < -0.3 is 10.4 Å². The molecule has 86 valence electrons. The average Bonchev–Trinajstić information content (AvgIpc) is 2.14. The molecule has 0 spiro atoms. The summed E-state index contributed by atoms with van der Waals surface area (Å²) in [5.41, 5.74) is 0. The van der Waals surface area contributed by atoms with Crippen LogP contribution in [-0.4, -0.2) is 23.8 Å². The predicted molar refractivity (Wildman–Crippen MR) is 62.5 cm³/mol. The maximum atomic E-state index is 9.08. The quantitative estimate of drug-likeness (QED) is 0.562. The van der Waals surface area contributed by atoms with Crippen molar-refractivity contribution in [3.8, 4) is 0 Å². The maximum Gasteiger partial charge on any atom is 0.0636 e. The first-order chi connectivity index (χ1) is 6.66. The molecule has 2 atom stereocenters. The Hall–Kier alpha value is -0.0800. The summed E-state index contributed by atoms with van der Waals surface area (Å²) >= 11 is 0. The van der Waals surface area contributed by atoms with Crippen LogP contribution in [0, 0.1) is 0 Å². The number of rotatable bonds is 9. The van der Waals surface area contributed by atoms with Gasteiger partial charge in [-0.05, 0) is 20.3 Å². The fourth-order valence-corrected chi connectivity index (χ4v) is 1.53. The van der Waals surface area contributed by atoms with Gasteiger partial charge in [-0.2, -0.15) is 0 Å². The minimum atomic E-state index is -0.224. The molecule has 2 heteroatoms. The van der Waals surface area contributed by atoms with Crippen LogP contribution in [0.1, 0.15) is 59.3 Å². The second-order valence-corrected chi connectivity index (χ2v) is 4.36. The minimum Gasteiger partial charge on any atom is -0.392 e. The van der Waals surface area contributed by atoms with E-state index in [2.05, 4.69) is 19.2 Å². The fourth-order valence-electron chi connectivity index (χ4n) is 1.53. The Morgan fingerprint density at radius 3 is 2.29 bits per heavy atom. The van der Waals surface area contributed by atoms with Crippen LogP contribution in [0.4, 0.5) is 0 Å². The van der Waals surface area contributed by atoms with Gasteiger partial charge in [0.05, 0.1) is 6.10 Å². The largest absolute Gasteiger partial charge is 0.392 e. The van der Waals surface area contributed by atoms with Gasteiger partial charge in [0, 0.05) is 12.6 Å². The normalized spacial score (nSPS) is 15.4. The van der Waals surface area contributed by atoms with Crippen LogP contribution in [0.3, 0.4) is 0 Å². The van der Waals surface area contributed by atoms with E-state index >= 15 is 0 Å². The van der Waals surface area contributed by atoms with E-state index in [1.54, 1.807) is 0 Å². The Labute approximate surface area is 89.1 Å². The Morgan fingerprint density at radius 1 is 1.07 bits per heavy atom. The van der Waals surface area contributed by atoms with Gasteiger partial charge in [-0.1, -0.05) is 39.0 Å². The van der Waals surface area contributed by atoms with Gasteiger partial charge in [0.15, 0.2) is 0 Å². The standard InChI is InChI=1S/C12H27NO/c1-4-5-6-7-8-9-11(2)13-10-12(3)14/h11-14H,4-10H2,1-3H3/t11-,12+/m1/s1. The Kier molecular flexibility index (Phi) is 9.42. The van der Waals surface area contributed by atoms with Gasteiger partial charge in [-0.25, -0.2) is 0 Å². The van der Waals surface area contributed by atoms with Crippen molar-refractivity contribution in [1.29, 1.82) is 0 Å². The smallest absolute Gasteiger partial charge is 0.0636 e. The third kappa shape index (κ3) is 10.0. The summed E-state index contributed by atoms with van der Waals surface area (Å²) in [4.78, 5) is 0. The highest BCUT2D eigenvalue weighted by atomic mass is 16.3. The molecule has 0 aromatic rings. The van der Waals surface area contributed by atoms with E-state index in [0.29, 0.717) is 6.04 Å². The molecule has 0 fully saturated rings. The molecule has 0 aliphatic carbocycles. The molecule has 2 nitrogen and oxygen atoms in total. The number of nitrogens with one attached hydrogen (secondary N) is 1. The highest BCUT2D eigenvalue weighted by molar-refractivity contribution is 4.62. The summed E-state index contributed by atoms with van der Waals surface area (Å²) in [6.07, 6.45) is 7.74. The van der Waals surface area contributed by atoms with Gasteiger partial charge in [0.1, 0.15) is 0 Å². The lowest BCUT2D eigenvalue weighted by Gasteiger charge is -2.14. The Balaban J connectivity index is 3.14. The monoisotopic (exact) mass is 201 g/mol. The molecule has 0 aromatic heterocycles. The van der Waals surface area contributed by atoms with Crippen molar-refractivity contribution in [2.75, 3.05) is 6.54 Å². The molecule has 0 aromatic carbocycles. The molecular weight excluding hydrogens is 174 g/mol. The van der Waals surface area contributed by atoms with Gasteiger partial charge >= 0.3 is 0 Å². The predicted octanol–water partition coefficient (Wildman–Crippen LogP) is 2.71. The highest BCUT2D eigenvalue weighted by Crippen LogP contribution is 2.06. The molecule has 0 amide bonds. The topological polar surface area (TPSA) is 32.3 Å². The van der Waals surface area contributed by atoms with Crippen LogP contribution in [0.5, 0.6) is 0 Å². The molecule has 0 rings (SSSR count). The molecule has 0 saturated carbocycles. The Morgan fingerprint density at radius 2 is 1.71 bits per heavy atom. The molecule has 0 heterocycles. The SMILES string of the molecule is CCCCCCC[C@@H](C)NC[C@H](C)O. The van der Waals surface area contributed by atoms with Gasteiger partial charge in [-0.3, -0.25) is 0 Å². The summed E-state index contributed by atoms with van der Waals surface area (Å²) in [7, 11) is 0. The van der Waals surface area contributed by atoms with E-state index in [0.717, 1.165) is 6.54 Å². The minimum absolute atomic E-state index is 0.224. The molecule has 0 radical (unpaired) electrons. The van der Waals surface area contributed by atoms with E-state index in [4.69, 9.17) is 5.11 Å². The summed E-state index contributed by atoms with van der Waals surface area (Å²) in [6.45, 7) is 6.98. The summed E-state index contributed by atoms with van der Waals surface area (Å²) in [6, 6.07) is 0.547. The van der Waals surface area contributed by atoms with Crippen LogP contribution in [0.25, 0.3) is 0 Å². The van der Waals surface area contributed by atoms with Crippen LogP contribution in [-0.2, 0) is 0 Å². The van der Waals surface area contributed by atoms with Crippen LogP contribution in [0.15, 0.2) is 0 Å². The second kappa shape index (κ2) is 9.47. The maximum absolute atomic E-state index is 9.08.